The van der Waals surface area contributed by atoms with Crippen LogP contribution in [0.1, 0.15) is 22.5 Å². The van der Waals surface area contributed by atoms with Crippen molar-refractivity contribution in [3.05, 3.63) is 71.2 Å². The van der Waals surface area contributed by atoms with Crippen molar-refractivity contribution in [1.29, 1.82) is 0 Å². The molecule has 0 radical (unpaired) electrons. The number of alkyl halides is 3. The van der Waals surface area contributed by atoms with Crippen LogP contribution in [0.4, 0.5) is 13.2 Å². The van der Waals surface area contributed by atoms with Gasteiger partial charge in [-0.3, -0.25) is 9.20 Å². The zero-order valence-electron chi connectivity index (χ0n) is 13.8. The number of halogens is 3. The summed E-state index contributed by atoms with van der Waals surface area (Å²) in [6.07, 6.45) is -2.68. The molecule has 0 aliphatic carbocycles. The number of carboxylic acid groups (broad SMARTS) is 1. The van der Waals surface area contributed by atoms with Crippen LogP contribution < -0.4 is 0 Å². The van der Waals surface area contributed by atoms with E-state index in [0.717, 1.165) is 12.1 Å². The molecule has 2 heterocycles. The minimum absolute atomic E-state index is 0.0750. The quantitative estimate of drug-likeness (QED) is 0.683. The predicted octanol–water partition coefficient (Wildman–Crippen LogP) is 4.07. The number of hydrogen-bond acceptors (Lipinski definition) is 3. The molecular formula is C19H13F3N2O2S. The van der Waals surface area contributed by atoms with Crippen molar-refractivity contribution in [1.82, 2.24) is 9.38 Å². The Morgan fingerprint density at radius 3 is 2.74 bits per heavy atom. The minimum atomic E-state index is -4.43. The lowest BCUT2D eigenvalue weighted by Crippen LogP contribution is -2.04. The molecule has 0 unspecified atom stereocenters. The fourth-order valence-electron chi connectivity index (χ4n) is 2.42. The fourth-order valence-corrected chi connectivity index (χ4v) is 3.09. The van der Waals surface area contributed by atoms with Crippen LogP contribution in [0.25, 0.3) is 5.65 Å². The van der Waals surface area contributed by atoms with E-state index in [2.05, 4.69) is 16.8 Å². The number of thioether (sulfide) groups is 1. The molecule has 3 rings (SSSR count). The number of fused-ring (bicyclic) bond motifs is 1. The molecule has 8 heteroatoms. The van der Waals surface area contributed by atoms with Crippen LogP contribution in [0.2, 0.25) is 0 Å². The molecule has 4 nitrogen and oxygen atoms in total. The average molecular weight is 390 g/mol. The molecule has 1 N–H and O–H groups in total. The third kappa shape index (κ3) is 4.63. The van der Waals surface area contributed by atoms with E-state index < -0.39 is 17.7 Å². The maximum atomic E-state index is 12.8. The second-order valence-electron chi connectivity index (χ2n) is 5.55. The van der Waals surface area contributed by atoms with Crippen LogP contribution >= 0.6 is 11.8 Å². The highest BCUT2D eigenvalue weighted by atomic mass is 32.2. The van der Waals surface area contributed by atoms with E-state index in [1.165, 1.54) is 23.9 Å². The van der Waals surface area contributed by atoms with E-state index >= 15 is 0 Å². The lowest BCUT2D eigenvalue weighted by Gasteiger charge is -2.05. The maximum absolute atomic E-state index is 12.8. The zero-order valence-corrected chi connectivity index (χ0v) is 14.6. The van der Waals surface area contributed by atoms with E-state index in [-0.39, 0.29) is 11.3 Å². The highest BCUT2D eigenvalue weighted by molar-refractivity contribution is 7.99. The highest BCUT2D eigenvalue weighted by Gasteiger charge is 2.30. The van der Waals surface area contributed by atoms with Gasteiger partial charge in [-0.2, -0.15) is 13.2 Å². The van der Waals surface area contributed by atoms with Gasteiger partial charge >= 0.3 is 12.1 Å². The maximum Gasteiger partial charge on any atom is 0.416 e. The lowest BCUT2D eigenvalue weighted by molar-refractivity contribution is -0.137. The summed E-state index contributed by atoms with van der Waals surface area (Å²) in [6, 6.07) is 10.2. The molecule has 1 aromatic carbocycles. The molecule has 0 aliphatic heterocycles. The third-order valence-electron chi connectivity index (χ3n) is 3.58. The number of aliphatic carboxylic acids is 1. The Morgan fingerprint density at radius 1 is 1.19 bits per heavy atom. The van der Waals surface area contributed by atoms with Gasteiger partial charge in [0.15, 0.2) is 0 Å². The van der Waals surface area contributed by atoms with E-state index in [9.17, 15) is 18.0 Å². The Kier molecular flexibility index (Phi) is 5.42. The first-order valence-electron chi connectivity index (χ1n) is 7.79. The van der Waals surface area contributed by atoms with Crippen LogP contribution in [-0.4, -0.2) is 26.2 Å². The second kappa shape index (κ2) is 7.76. The first-order chi connectivity index (χ1) is 12.8. The Bertz CT molecular complexity index is 1050. The number of carboxylic acids is 1. The van der Waals surface area contributed by atoms with Crippen molar-refractivity contribution in [2.75, 3.05) is 5.75 Å². The van der Waals surface area contributed by atoms with E-state index in [4.69, 9.17) is 5.11 Å². The zero-order chi connectivity index (χ0) is 19.4. The summed E-state index contributed by atoms with van der Waals surface area (Å²) < 4.78 is 40.3. The molecule has 138 valence electrons. The summed E-state index contributed by atoms with van der Waals surface area (Å²) in [5, 5.41) is 8.78. The van der Waals surface area contributed by atoms with Gasteiger partial charge in [-0.1, -0.05) is 18.1 Å². The number of rotatable bonds is 4. The number of aromatic nitrogens is 2. The van der Waals surface area contributed by atoms with Crippen molar-refractivity contribution < 1.29 is 23.1 Å². The summed E-state index contributed by atoms with van der Waals surface area (Å²) in [5.41, 5.74) is 1.23. The van der Waals surface area contributed by atoms with Gasteiger partial charge in [0.1, 0.15) is 11.3 Å². The van der Waals surface area contributed by atoms with Gasteiger partial charge in [-0.25, -0.2) is 4.98 Å². The average Bonchev–Trinajstić information content (AvgIpc) is 2.96. The molecule has 0 amide bonds. The highest BCUT2D eigenvalue weighted by Crippen LogP contribution is 2.29. The van der Waals surface area contributed by atoms with Gasteiger partial charge in [0.25, 0.3) is 0 Å². The van der Waals surface area contributed by atoms with Gasteiger partial charge in [0.2, 0.25) is 0 Å². The second-order valence-corrected chi connectivity index (χ2v) is 6.54. The monoisotopic (exact) mass is 390 g/mol. The number of imidazole rings is 1. The molecule has 2 aromatic heterocycles. The Balaban J connectivity index is 1.97. The van der Waals surface area contributed by atoms with Crippen molar-refractivity contribution in [2.45, 2.75) is 11.9 Å². The number of nitrogens with zero attached hydrogens (tertiary/aromatic N) is 2. The topological polar surface area (TPSA) is 54.6 Å². The Hall–Kier alpha value is -2.92. The Labute approximate surface area is 157 Å². The molecule has 0 fully saturated rings. The van der Waals surface area contributed by atoms with E-state index in [1.54, 1.807) is 28.8 Å². The smallest absolute Gasteiger partial charge is 0.416 e. The third-order valence-corrected chi connectivity index (χ3v) is 4.51. The number of benzene rings is 1. The number of pyridine rings is 1. The minimum Gasteiger partial charge on any atom is -0.481 e. The van der Waals surface area contributed by atoms with Crippen LogP contribution in [0.5, 0.6) is 0 Å². The van der Waals surface area contributed by atoms with Gasteiger partial charge < -0.3 is 5.11 Å². The van der Waals surface area contributed by atoms with Gasteiger partial charge in [0.05, 0.1) is 17.0 Å². The molecule has 0 aliphatic rings. The summed E-state index contributed by atoms with van der Waals surface area (Å²) in [7, 11) is 0. The van der Waals surface area contributed by atoms with Crippen LogP contribution in [0.15, 0.2) is 48.7 Å². The van der Waals surface area contributed by atoms with Gasteiger partial charge in [-0.05, 0) is 36.3 Å². The molecule has 0 spiro atoms. The van der Waals surface area contributed by atoms with Crippen molar-refractivity contribution in [2.24, 2.45) is 0 Å². The molecule has 0 saturated heterocycles. The molecule has 0 atom stereocenters. The number of carbonyl (C=O) groups is 1. The summed E-state index contributed by atoms with van der Waals surface area (Å²) in [5.74, 6) is 4.98. The largest absolute Gasteiger partial charge is 0.481 e. The molecule has 0 saturated carbocycles. The first kappa shape index (κ1) is 18.9. The molecule has 3 aromatic rings. The van der Waals surface area contributed by atoms with Crippen LogP contribution in [-0.2, 0) is 16.7 Å². The standard InChI is InChI=1S/C19H13F3N2O2S/c20-19(21,22)14-5-3-4-13(10-14)7-8-16-15(11-27-12-18(25)26)23-17-6-1-2-9-24(16)17/h1-6,9-10H,11-12H2,(H,25,26). The normalized spacial score (nSPS) is 11.2. The van der Waals surface area contributed by atoms with Crippen LogP contribution in [0, 0.1) is 11.8 Å². The SMILES string of the molecule is O=C(O)CSCc1nc2ccccn2c1C#Cc1cccc(C(F)(F)F)c1. The Morgan fingerprint density at radius 2 is 2.00 bits per heavy atom. The van der Waals surface area contributed by atoms with Crippen molar-refractivity contribution >= 4 is 23.4 Å². The molecule has 27 heavy (non-hydrogen) atoms. The van der Waals surface area contributed by atoms with Gasteiger partial charge in [0, 0.05) is 17.5 Å². The first-order valence-corrected chi connectivity index (χ1v) is 8.95. The van der Waals surface area contributed by atoms with Crippen molar-refractivity contribution in [3.63, 3.8) is 0 Å². The molecular weight excluding hydrogens is 377 g/mol. The lowest BCUT2D eigenvalue weighted by atomic mass is 10.1. The van der Waals surface area contributed by atoms with Crippen LogP contribution in [0.3, 0.4) is 0 Å². The fraction of sp³-hybridized carbons (Fsp3) is 0.158. The van der Waals surface area contributed by atoms with E-state index in [0.29, 0.717) is 22.8 Å². The van der Waals surface area contributed by atoms with E-state index in [1.807, 2.05) is 0 Å². The summed E-state index contributed by atoms with van der Waals surface area (Å²) in [4.78, 5) is 15.1. The number of hydrogen-bond donors (Lipinski definition) is 1. The summed E-state index contributed by atoms with van der Waals surface area (Å²) in [6.45, 7) is 0. The molecule has 0 bridgehead atoms. The summed E-state index contributed by atoms with van der Waals surface area (Å²) >= 11 is 1.18. The predicted molar refractivity (Wildman–Crippen MR) is 96.4 cm³/mol. The van der Waals surface area contributed by atoms with Gasteiger partial charge in [-0.15, -0.1) is 11.8 Å². The van der Waals surface area contributed by atoms with Crippen molar-refractivity contribution in [3.8, 4) is 11.8 Å².